The van der Waals surface area contributed by atoms with Crippen LogP contribution in [0.3, 0.4) is 0 Å². The molecule has 0 heterocycles. The lowest BCUT2D eigenvalue weighted by molar-refractivity contribution is -0.142. The van der Waals surface area contributed by atoms with Crippen LogP contribution in [0.5, 0.6) is 11.5 Å². The molecule has 0 spiro atoms. The van der Waals surface area contributed by atoms with Crippen LogP contribution in [0.15, 0.2) is 18.2 Å². The minimum absolute atomic E-state index is 0.280. The fourth-order valence-corrected chi connectivity index (χ4v) is 1.88. The van der Waals surface area contributed by atoms with E-state index in [4.69, 9.17) is 14.6 Å². The highest BCUT2D eigenvalue weighted by atomic mass is 16.5. The van der Waals surface area contributed by atoms with Gasteiger partial charge in [-0.3, -0.25) is 4.79 Å². The van der Waals surface area contributed by atoms with E-state index >= 15 is 0 Å². The normalized spacial score (nSPS) is 11.9. The predicted octanol–water partition coefficient (Wildman–Crippen LogP) is 2.75. The van der Waals surface area contributed by atoms with Crippen LogP contribution in [0.4, 0.5) is 0 Å². The Kier molecular flexibility index (Phi) is 5.49. The number of aliphatic carboxylic acids is 1. The lowest BCUT2D eigenvalue weighted by Crippen LogP contribution is -2.13. The zero-order valence-electron chi connectivity index (χ0n) is 11.1. The molecule has 1 aromatic carbocycles. The monoisotopic (exact) mass is 252 g/mol. The number of benzene rings is 1. The van der Waals surface area contributed by atoms with Crippen LogP contribution in [0.25, 0.3) is 0 Å². The third-order valence-electron chi connectivity index (χ3n) is 3.07. The number of ether oxygens (including phenoxy) is 2. The number of carboxylic acids is 1. The molecule has 1 rings (SSSR count). The van der Waals surface area contributed by atoms with Gasteiger partial charge in [-0.2, -0.15) is 0 Å². The van der Waals surface area contributed by atoms with E-state index in [2.05, 4.69) is 0 Å². The van der Waals surface area contributed by atoms with Gasteiger partial charge in [0.05, 0.1) is 20.1 Å². The summed E-state index contributed by atoms with van der Waals surface area (Å²) in [7, 11) is 3.18. The highest BCUT2D eigenvalue weighted by Crippen LogP contribution is 2.28. The van der Waals surface area contributed by atoms with Crippen LogP contribution < -0.4 is 9.47 Å². The highest BCUT2D eigenvalue weighted by Gasteiger charge is 2.15. The molecule has 0 aliphatic carbocycles. The maximum Gasteiger partial charge on any atom is 0.306 e. The summed E-state index contributed by atoms with van der Waals surface area (Å²) in [5.74, 6) is 0.362. The van der Waals surface area contributed by atoms with Crippen LogP contribution >= 0.6 is 0 Å². The fraction of sp³-hybridized carbons (Fsp3) is 0.500. The second kappa shape index (κ2) is 6.89. The van der Waals surface area contributed by atoms with Gasteiger partial charge in [0.15, 0.2) is 11.5 Å². The summed E-state index contributed by atoms with van der Waals surface area (Å²) in [6.45, 7) is 1.90. The molecule has 0 saturated heterocycles. The first-order valence-electron chi connectivity index (χ1n) is 6.06. The zero-order valence-corrected chi connectivity index (χ0v) is 11.1. The summed E-state index contributed by atoms with van der Waals surface area (Å²) >= 11 is 0. The first kappa shape index (κ1) is 14.4. The summed E-state index contributed by atoms with van der Waals surface area (Å²) in [5.41, 5.74) is 1.06. The van der Waals surface area contributed by atoms with E-state index in [0.29, 0.717) is 24.3 Å². The molecule has 1 unspecified atom stereocenters. The van der Waals surface area contributed by atoms with E-state index in [1.54, 1.807) is 14.2 Å². The van der Waals surface area contributed by atoms with Crippen LogP contribution in [-0.4, -0.2) is 25.3 Å². The third-order valence-corrected chi connectivity index (χ3v) is 3.07. The summed E-state index contributed by atoms with van der Waals surface area (Å²) in [6, 6.07) is 5.68. The predicted molar refractivity (Wildman–Crippen MR) is 69.3 cm³/mol. The molecule has 1 atom stereocenters. The van der Waals surface area contributed by atoms with Gasteiger partial charge in [-0.15, -0.1) is 0 Å². The summed E-state index contributed by atoms with van der Waals surface area (Å²) in [4.78, 5) is 10.9. The van der Waals surface area contributed by atoms with Gasteiger partial charge in [0, 0.05) is 0 Å². The molecule has 0 bridgehead atoms. The van der Waals surface area contributed by atoms with Gasteiger partial charge in [0.2, 0.25) is 0 Å². The molecule has 1 N–H and O–H groups in total. The smallest absolute Gasteiger partial charge is 0.306 e. The average Bonchev–Trinajstić information content (AvgIpc) is 2.38. The van der Waals surface area contributed by atoms with Gasteiger partial charge in [0.1, 0.15) is 0 Å². The number of hydrogen-bond donors (Lipinski definition) is 1. The third kappa shape index (κ3) is 3.65. The quantitative estimate of drug-likeness (QED) is 0.810. The molecule has 1 aromatic rings. The molecule has 4 nitrogen and oxygen atoms in total. The summed E-state index contributed by atoms with van der Waals surface area (Å²) in [6.07, 6.45) is 2.02. The summed E-state index contributed by atoms with van der Waals surface area (Å²) < 4.78 is 10.4. The van der Waals surface area contributed by atoms with Crippen LogP contribution in [0, 0.1) is 5.92 Å². The molecule has 0 aliphatic heterocycles. The molecule has 100 valence electrons. The van der Waals surface area contributed by atoms with Gasteiger partial charge >= 0.3 is 5.97 Å². The number of hydrogen-bond acceptors (Lipinski definition) is 3. The van der Waals surface area contributed by atoms with Crippen LogP contribution in [0.1, 0.15) is 25.3 Å². The largest absolute Gasteiger partial charge is 0.493 e. The Morgan fingerprint density at radius 1 is 1.28 bits per heavy atom. The van der Waals surface area contributed by atoms with Crippen molar-refractivity contribution in [3.8, 4) is 11.5 Å². The topological polar surface area (TPSA) is 55.8 Å². The Balaban J connectivity index is 2.70. The molecular weight excluding hydrogens is 232 g/mol. The lowest BCUT2D eigenvalue weighted by atomic mass is 9.97. The van der Waals surface area contributed by atoms with Crippen molar-refractivity contribution < 1.29 is 19.4 Å². The lowest BCUT2D eigenvalue weighted by Gasteiger charge is -2.12. The van der Waals surface area contributed by atoms with Crippen LogP contribution in [-0.2, 0) is 11.2 Å². The molecule has 0 aliphatic rings. The van der Waals surface area contributed by atoms with E-state index in [1.165, 1.54) is 0 Å². The zero-order chi connectivity index (χ0) is 13.5. The van der Waals surface area contributed by atoms with Crippen molar-refractivity contribution in [3.05, 3.63) is 23.8 Å². The molecular formula is C14H20O4. The number of carbonyl (C=O) groups is 1. The molecule has 0 saturated carbocycles. The molecule has 0 radical (unpaired) electrons. The van der Waals surface area contributed by atoms with Gasteiger partial charge < -0.3 is 14.6 Å². The maximum atomic E-state index is 10.9. The maximum absolute atomic E-state index is 10.9. The van der Waals surface area contributed by atoms with Crippen molar-refractivity contribution >= 4 is 5.97 Å². The molecule has 0 aromatic heterocycles. The van der Waals surface area contributed by atoms with Gasteiger partial charge in [0.25, 0.3) is 0 Å². The number of methoxy groups -OCH3 is 2. The second-order valence-corrected chi connectivity index (χ2v) is 4.17. The second-order valence-electron chi connectivity index (χ2n) is 4.17. The summed E-state index contributed by atoms with van der Waals surface area (Å²) in [5, 5.41) is 8.99. The Morgan fingerprint density at radius 2 is 1.94 bits per heavy atom. The molecule has 0 amide bonds. The first-order chi connectivity index (χ1) is 8.62. The molecule has 18 heavy (non-hydrogen) atoms. The number of carboxylic acid groups (broad SMARTS) is 1. The van der Waals surface area contributed by atoms with Gasteiger partial charge in [-0.25, -0.2) is 0 Å². The Bertz CT molecular complexity index is 401. The minimum atomic E-state index is -0.724. The van der Waals surface area contributed by atoms with Gasteiger partial charge in [-0.05, 0) is 37.0 Å². The Hall–Kier alpha value is -1.71. The van der Waals surface area contributed by atoms with Gasteiger partial charge in [-0.1, -0.05) is 13.0 Å². The van der Waals surface area contributed by atoms with Crippen molar-refractivity contribution in [1.82, 2.24) is 0 Å². The van der Waals surface area contributed by atoms with E-state index in [-0.39, 0.29) is 5.92 Å². The fourth-order valence-electron chi connectivity index (χ4n) is 1.88. The van der Waals surface area contributed by atoms with Crippen molar-refractivity contribution in [2.75, 3.05) is 14.2 Å². The Morgan fingerprint density at radius 3 is 2.44 bits per heavy atom. The van der Waals surface area contributed by atoms with Crippen molar-refractivity contribution in [2.24, 2.45) is 5.92 Å². The molecule has 4 heteroatoms. The van der Waals surface area contributed by atoms with E-state index in [1.807, 2.05) is 25.1 Å². The Labute approximate surface area is 108 Å². The van der Waals surface area contributed by atoms with E-state index < -0.39 is 5.97 Å². The van der Waals surface area contributed by atoms with Crippen molar-refractivity contribution in [2.45, 2.75) is 26.2 Å². The highest BCUT2D eigenvalue weighted by molar-refractivity contribution is 5.69. The van der Waals surface area contributed by atoms with Crippen molar-refractivity contribution in [1.29, 1.82) is 0 Å². The standard InChI is InChI=1S/C14H20O4/c1-4-11(14(15)16)7-5-10-6-8-12(17-2)13(9-10)18-3/h6,8-9,11H,4-5,7H2,1-3H3,(H,15,16). The molecule has 0 fully saturated rings. The van der Waals surface area contributed by atoms with Crippen molar-refractivity contribution in [3.63, 3.8) is 0 Å². The minimum Gasteiger partial charge on any atom is -0.493 e. The van der Waals surface area contributed by atoms with Crippen LogP contribution in [0.2, 0.25) is 0 Å². The number of rotatable bonds is 7. The van der Waals surface area contributed by atoms with E-state index in [0.717, 1.165) is 12.0 Å². The SMILES string of the molecule is CCC(CCc1ccc(OC)c(OC)c1)C(=O)O. The number of aryl methyl sites for hydroxylation is 1. The first-order valence-corrected chi connectivity index (χ1v) is 6.06. The average molecular weight is 252 g/mol. The van der Waals surface area contributed by atoms with E-state index in [9.17, 15) is 4.79 Å².